The maximum Gasteiger partial charge on any atom is 0.511 e. The lowest BCUT2D eigenvalue weighted by Crippen LogP contribution is -2.42. The number of hydrogen-bond acceptors (Lipinski definition) is 9. The Balaban J connectivity index is 1.61. The van der Waals surface area contributed by atoms with Crippen molar-refractivity contribution in [2.45, 2.75) is 32.7 Å². The number of hydrogen-bond donors (Lipinski definition) is 2. The highest BCUT2D eigenvalue weighted by Crippen LogP contribution is 2.27. The van der Waals surface area contributed by atoms with E-state index in [2.05, 4.69) is 16.0 Å². The molecular weight excluding hydrogens is 428 g/mol. The molecule has 10 nitrogen and oxygen atoms in total. The molecule has 3 rings (SSSR count). The number of benzene rings is 2. The number of carbonyl (C=O) groups is 2. The van der Waals surface area contributed by atoms with Crippen LogP contribution in [-0.2, 0) is 25.8 Å². The third kappa shape index (κ3) is 6.44. The van der Waals surface area contributed by atoms with Gasteiger partial charge in [0.2, 0.25) is 0 Å². The fourth-order valence-electron chi connectivity index (χ4n) is 3.08. The maximum absolute atomic E-state index is 12.7. The molecule has 1 aliphatic heterocycles. The van der Waals surface area contributed by atoms with Crippen LogP contribution in [0.25, 0.3) is 0 Å². The predicted octanol–water partition coefficient (Wildman–Crippen LogP) is 3.50. The number of carbonyl (C=O) groups excluding carboxylic acids is 2. The highest BCUT2D eigenvalue weighted by Gasteiger charge is 2.43. The van der Waals surface area contributed by atoms with Crippen molar-refractivity contribution in [1.29, 1.82) is 5.26 Å². The van der Waals surface area contributed by atoms with Gasteiger partial charge in [0.05, 0.1) is 49.1 Å². The summed E-state index contributed by atoms with van der Waals surface area (Å²) < 4.78 is 10.2. The van der Waals surface area contributed by atoms with E-state index in [0.717, 1.165) is 5.56 Å². The Hall–Kier alpha value is -4.10. The van der Waals surface area contributed by atoms with E-state index in [9.17, 15) is 9.59 Å². The molecule has 1 atom stereocenters. The molecule has 0 radical (unpaired) electrons. The van der Waals surface area contributed by atoms with Crippen molar-refractivity contribution in [2.75, 3.05) is 18.5 Å². The zero-order valence-electron chi connectivity index (χ0n) is 18.3. The Morgan fingerprint density at radius 1 is 1.21 bits per heavy atom. The van der Waals surface area contributed by atoms with Crippen molar-refractivity contribution in [3.05, 3.63) is 65.2 Å². The molecule has 1 heterocycles. The largest absolute Gasteiger partial charge is 0.511 e. The zero-order valence-corrected chi connectivity index (χ0v) is 18.3. The molecule has 0 spiro atoms. The number of hydroxylamine groups is 1. The molecule has 0 fully saturated rings. The van der Waals surface area contributed by atoms with Crippen molar-refractivity contribution < 1.29 is 28.7 Å². The second-order valence-corrected chi connectivity index (χ2v) is 7.22. The van der Waals surface area contributed by atoms with Crippen molar-refractivity contribution >= 4 is 23.5 Å². The van der Waals surface area contributed by atoms with Gasteiger partial charge in [0.25, 0.3) is 5.91 Å². The lowest BCUT2D eigenvalue weighted by Gasteiger charge is -2.26. The summed E-state index contributed by atoms with van der Waals surface area (Å²) >= 11 is 0. The summed E-state index contributed by atoms with van der Waals surface area (Å²) in [6, 6.07) is 15.7. The van der Waals surface area contributed by atoms with E-state index in [1.807, 2.05) is 6.07 Å². The minimum atomic E-state index is -1.38. The number of para-hydroxylation sites is 1. The van der Waals surface area contributed by atoms with E-state index in [0.29, 0.717) is 22.5 Å². The minimum absolute atomic E-state index is 0.0308. The first-order valence-electron chi connectivity index (χ1n) is 10.3. The van der Waals surface area contributed by atoms with Crippen LogP contribution in [0.4, 0.5) is 10.5 Å². The standard InChI is InChI=1S/C23H24N4O6/c1-3-30-22(29)32-23(12-16(2)26-33-23)15-25-20-7-5-4-6-19(20)21(28)27-31-14-18-10-8-17(13-24)9-11-18/h4-11,25H,3,12,14-15H2,1-2H3,(H,27,28). The molecule has 2 aromatic carbocycles. The van der Waals surface area contributed by atoms with Gasteiger partial charge in [-0.1, -0.05) is 29.4 Å². The van der Waals surface area contributed by atoms with Gasteiger partial charge < -0.3 is 19.6 Å². The Labute approximate surface area is 191 Å². The molecule has 172 valence electrons. The van der Waals surface area contributed by atoms with Gasteiger partial charge in [-0.2, -0.15) is 5.26 Å². The van der Waals surface area contributed by atoms with E-state index in [4.69, 9.17) is 24.4 Å². The van der Waals surface area contributed by atoms with Gasteiger partial charge in [-0.15, -0.1) is 0 Å². The van der Waals surface area contributed by atoms with Crippen LogP contribution in [-0.4, -0.2) is 36.7 Å². The van der Waals surface area contributed by atoms with Crippen molar-refractivity contribution in [3.8, 4) is 6.07 Å². The summed E-state index contributed by atoms with van der Waals surface area (Å²) in [5.41, 5.74) is 5.20. The van der Waals surface area contributed by atoms with Crippen LogP contribution in [0.5, 0.6) is 0 Å². The Kier molecular flexibility index (Phi) is 7.83. The van der Waals surface area contributed by atoms with Gasteiger partial charge in [0, 0.05) is 5.69 Å². The maximum atomic E-state index is 12.7. The van der Waals surface area contributed by atoms with Gasteiger partial charge in [-0.3, -0.25) is 9.63 Å². The summed E-state index contributed by atoms with van der Waals surface area (Å²) in [5, 5.41) is 15.8. The number of rotatable bonds is 9. The topological polar surface area (TPSA) is 131 Å². The number of nitrogens with zero attached hydrogens (tertiary/aromatic N) is 2. The molecule has 1 aliphatic rings. The number of anilines is 1. The summed E-state index contributed by atoms with van der Waals surface area (Å²) in [5.74, 6) is -1.85. The third-order valence-corrected chi connectivity index (χ3v) is 4.63. The van der Waals surface area contributed by atoms with Crippen molar-refractivity contribution in [3.63, 3.8) is 0 Å². The fraction of sp³-hybridized carbons (Fsp3) is 0.304. The van der Waals surface area contributed by atoms with E-state index >= 15 is 0 Å². The SMILES string of the molecule is CCOC(=O)OC1(CNc2ccccc2C(=O)NOCc2ccc(C#N)cc2)CC(C)=NO1. The van der Waals surface area contributed by atoms with Gasteiger partial charge >= 0.3 is 11.9 Å². The van der Waals surface area contributed by atoms with E-state index in [-0.39, 0.29) is 26.2 Å². The predicted molar refractivity (Wildman–Crippen MR) is 118 cm³/mol. The van der Waals surface area contributed by atoms with Gasteiger partial charge in [0.1, 0.15) is 0 Å². The lowest BCUT2D eigenvalue weighted by molar-refractivity contribution is -0.187. The summed E-state index contributed by atoms with van der Waals surface area (Å²) in [6.45, 7) is 3.75. The number of nitrogens with one attached hydrogen (secondary N) is 2. The molecule has 0 aromatic heterocycles. The molecule has 0 saturated carbocycles. The first-order chi connectivity index (χ1) is 15.9. The first kappa shape index (κ1) is 23.6. The number of nitriles is 1. The van der Waals surface area contributed by atoms with Gasteiger partial charge in [-0.25, -0.2) is 10.3 Å². The molecule has 10 heteroatoms. The van der Waals surface area contributed by atoms with Crippen LogP contribution in [0.2, 0.25) is 0 Å². The van der Waals surface area contributed by atoms with Crippen LogP contribution in [0, 0.1) is 11.3 Å². The number of oxime groups is 1. The Morgan fingerprint density at radius 3 is 2.64 bits per heavy atom. The van der Waals surface area contributed by atoms with E-state index in [1.165, 1.54) is 0 Å². The van der Waals surface area contributed by atoms with Crippen LogP contribution >= 0.6 is 0 Å². The van der Waals surface area contributed by atoms with Crippen molar-refractivity contribution in [2.24, 2.45) is 5.16 Å². The molecule has 1 amide bonds. The molecule has 1 unspecified atom stereocenters. The quantitative estimate of drug-likeness (QED) is 0.437. The zero-order chi connectivity index (χ0) is 23.7. The Bertz CT molecular complexity index is 1060. The summed E-state index contributed by atoms with van der Waals surface area (Å²) in [4.78, 5) is 35.2. The smallest absolute Gasteiger partial charge is 0.434 e. The third-order valence-electron chi connectivity index (χ3n) is 4.63. The summed E-state index contributed by atoms with van der Waals surface area (Å²) in [7, 11) is 0. The molecule has 0 aliphatic carbocycles. The summed E-state index contributed by atoms with van der Waals surface area (Å²) in [6.07, 6.45) is -0.618. The second-order valence-electron chi connectivity index (χ2n) is 7.22. The number of amides is 1. The Morgan fingerprint density at radius 2 is 1.97 bits per heavy atom. The average molecular weight is 452 g/mol. The first-order valence-corrected chi connectivity index (χ1v) is 10.3. The monoisotopic (exact) mass is 452 g/mol. The van der Waals surface area contributed by atoms with Crippen LogP contribution in [0.1, 0.15) is 41.8 Å². The van der Waals surface area contributed by atoms with Crippen LogP contribution < -0.4 is 10.8 Å². The van der Waals surface area contributed by atoms with E-state index < -0.39 is 17.8 Å². The molecule has 2 N–H and O–H groups in total. The van der Waals surface area contributed by atoms with Gasteiger partial charge in [-0.05, 0) is 43.7 Å². The lowest BCUT2D eigenvalue weighted by atomic mass is 10.1. The molecular formula is C23H24N4O6. The second kappa shape index (κ2) is 11.0. The molecule has 33 heavy (non-hydrogen) atoms. The highest BCUT2D eigenvalue weighted by atomic mass is 16.8. The van der Waals surface area contributed by atoms with Gasteiger partial charge in [0.15, 0.2) is 0 Å². The van der Waals surface area contributed by atoms with Crippen LogP contribution in [0.3, 0.4) is 0 Å². The van der Waals surface area contributed by atoms with Crippen molar-refractivity contribution in [1.82, 2.24) is 5.48 Å². The van der Waals surface area contributed by atoms with E-state index in [1.54, 1.807) is 62.4 Å². The van der Waals surface area contributed by atoms with Crippen LogP contribution in [0.15, 0.2) is 53.7 Å². The molecule has 2 aromatic rings. The minimum Gasteiger partial charge on any atom is -0.434 e. The molecule has 0 saturated heterocycles. The fourth-order valence-corrected chi connectivity index (χ4v) is 3.08. The number of ether oxygens (including phenoxy) is 2. The molecule has 0 bridgehead atoms. The average Bonchev–Trinajstić information content (AvgIpc) is 3.18. The highest BCUT2D eigenvalue weighted by molar-refractivity contribution is 5.99. The normalized spacial score (nSPS) is 16.7.